The topological polar surface area (TPSA) is 124 Å². The SMILES string of the molecule is CCOC(=O)C(N=Nc1nc2c([nH]1)c(=O)n(C)c(=O)n2C)=P(c1ccccc1)(c1ccccc1)c1ccccc1. The number of aryl methyl sites for hydroxylation is 1. The Hall–Kier alpha value is -4.82. The molecular weight excluding hydrogens is 527 g/mol. The van der Waals surface area contributed by atoms with Crippen LogP contribution in [-0.4, -0.2) is 37.1 Å². The fourth-order valence-electron chi connectivity index (χ4n) is 4.67. The maximum absolute atomic E-state index is 13.8. The number of hydrogen-bond donors (Lipinski definition) is 1. The van der Waals surface area contributed by atoms with Crippen LogP contribution in [-0.2, 0) is 23.6 Å². The van der Waals surface area contributed by atoms with E-state index in [-0.39, 0.29) is 29.1 Å². The number of fused-ring (bicyclic) bond motifs is 1. The number of azo groups is 1. The largest absolute Gasteiger partial charge is 0.461 e. The van der Waals surface area contributed by atoms with Gasteiger partial charge in [-0.15, -0.1) is 10.2 Å². The summed E-state index contributed by atoms with van der Waals surface area (Å²) in [5.74, 6) is -0.641. The molecule has 10 nitrogen and oxygen atoms in total. The van der Waals surface area contributed by atoms with Crippen molar-refractivity contribution in [3.05, 3.63) is 112 Å². The number of imidazole rings is 1. The molecule has 3 aromatic carbocycles. The molecule has 5 aromatic rings. The molecule has 0 saturated heterocycles. The van der Waals surface area contributed by atoms with Crippen LogP contribution in [0.4, 0.5) is 5.95 Å². The summed E-state index contributed by atoms with van der Waals surface area (Å²) in [6.07, 6.45) is 0. The molecule has 2 aromatic heterocycles. The first-order valence-corrected chi connectivity index (χ1v) is 14.4. The van der Waals surface area contributed by atoms with Crippen molar-refractivity contribution in [2.45, 2.75) is 6.92 Å². The van der Waals surface area contributed by atoms with E-state index in [0.717, 1.165) is 20.5 Å². The quantitative estimate of drug-likeness (QED) is 0.188. The van der Waals surface area contributed by atoms with Crippen molar-refractivity contribution >= 4 is 51.3 Å². The van der Waals surface area contributed by atoms with Crippen LogP contribution < -0.4 is 27.2 Å². The first-order chi connectivity index (χ1) is 19.4. The molecule has 0 unspecified atom stereocenters. The Kier molecular flexibility index (Phi) is 7.44. The minimum absolute atomic E-state index is 0.0256. The third kappa shape index (κ3) is 4.52. The zero-order valence-corrected chi connectivity index (χ0v) is 23.1. The normalized spacial score (nSPS) is 11.7. The number of rotatable bonds is 7. The van der Waals surface area contributed by atoms with E-state index in [9.17, 15) is 14.4 Å². The maximum atomic E-state index is 13.8. The summed E-state index contributed by atoms with van der Waals surface area (Å²) in [7, 11) is 2.90. The number of H-pyrrole nitrogens is 1. The maximum Gasteiger partial charge on any atom is 0.359 e. The Balaban J connectivity index is 1.90. The van der Waals surface area contributed by atoms with Gasteiger partial charge in [0, 0.05) is 21.0 Å². The smallest absolute Gasteiger partial charge is 0.359 e. The number of esters is 1. The predicted molar refractivity (Wildman–Crippen MR) is 158 cm³/mol. The molecule has 0 aliphatic heterocycles. The molecule has 202 valence electrons. The number of aromatic nitrogens is 4. The molecule has 1 N–H and O–H groups in total. The molecule has 40 heavy (non-hydrogen) atoms. The lowest BCUT2D eigenvalue weighted by Gasteiger charge is -2.29. The molecule has 0 bridgehead atoms. The summed E-state index contributed by atoms with van der Waals surface area (Å²) < 4.78 is 7.79. The van der Waals surface area contributed by atoms with E-state index in [0.29, 0.717) is 0 Å². The number of carbonyl (C=O) groups excluding carboxylic acids is 1. The van der Waals surface area contributed by atoms with Crippen LogP contribution in [0, 0.1) is 0 Å². The van der Waals surface area contributed by atoms with E-state index in [4.69, 9.17) is 4.74 Å². The first-order valence-electron chi connectivity index (χ1n) is 12.6. The fourth-order valence-corrected chi connectivity index (χ4v) is 8.67. The Morgan fingerprint density at radius 1 is 0.850 bits per heavy atom. The van der Waals surface area contributed by atoms with Gasteiger partial charge < -0.3 is 9.72 Å². The van der Waals surface area contributed by atoms with Crippen molar-refractivity contribution in [2.24, 2.45) is 24.3 Å². The van der Waals surface area contributed by atoms with Gasteiger partial charge in [-0.2, -0.15) is 4.98 Å². The summed E-state index contributed by atoms with van der Waals surface area (Å²) >= 11 is 0. The predicted octanol–water partition coefficient (Wildman–Crippen LogP) is 2.73. The summed E-state index contributed by atoms with van der Waals surface area (Å²) in [5.41, 5.74) is -0.712. The second-order valence-corrected chi connectivity index (χ2v) is 12.2. The van der Waals surface area contributed by atoms with Gasteiger partial charge in [0.15, 0.2) is 16.6 Å². The number of nitrogens with zero attached hydrogens (tertiary/aromatic N) is 5. The lowest BCUT2D eigenvalue weighted by Crippen LogP contribution is -2.36. The van der Waals surface area contributed by atoms with Crippen molar-refractivity contribution in [2.75, 3.05) is 6.61 Å². The van der Waals surface area contributed by atoms with Crippen LogP contribution in [0.2, 0.25) is 0 Å². The summed E-state index contributed by atoms with van der Waals surface area (Å²) in [6, 6.07) is 29.1. The molecule has 0 saturated carbocycles. The Labute approximate surface area is 229 Å². The number of carbonyl (C=O) groups is 1. The number of nitrogens with one attached hydrogen (secondary N) is 1. The van der Waals surface area contributed by atoms with Crippen LogP contribution in [0.5, 0.6) is 0 Å². The summed E-state index contributed by atoms with van der Waals surface area (Å²) in [4.78, 5) is 46.1. The second-order valence-electron chi connectivity index (χ2n) is 8.89. The lowest BCUT2D eigenvalue weighted by atomic mass is 10.4. The Bertz CT molecular complexity index is 1790. The highest BCUT2D eigenvalue weighted by Crippen LogP contribution is 2.47. The molecule has 0 aliphatic carbocycles. The van der Waals surface area contributed by atoms with E-state index in [1.807, 2.05) is 91.0 Å². The average molecular weight is 555 g/mol. The molecular formula is C29H27N6O4P. The third-order valence-electron chi connectivity index (χ3n) is 6.53. The Morgan fingerprint density at radius 2 is 1.35 bits per heavy atom. The third-order valence-corrected chi connectivity index (χ3v) is 10.7. The molecule has 5 rings (SSSR count). The van der Waals surface area contributed by atoms with E-state index in [2.05, 4.69) is 20.2 Å². The van der Waals surface area contributed by atoms with Gasteiger partial charge in [0.25, 0.3) is 5.56 Å². The highest BCUT2D eigenvalue weighted by atomic mass is 31.2. The Morgan fingerprint density at radius 3 is 1.82 bits per heavy atom. The summed E-state index contributed by atoms with van der Waals surface area (Å²) in [5, 5.41) is 11.5. The monoisotopic (exact) mass is 554 g/mol. The van der Waals surface area contributed by atoms with Crippen molar-refractivity contribution in [1.29, 1.82) is 0 Å². The zero-order chi connectivity index (χ0) is 28.3. The van der Waals surface area contributed by atoms with Gasteiger partial charge in [0.2, 0.25) is 5.95 Å². The van der Waals surface area contributed by atoms with E-state index in [1.54, 1.807) is 6.92 Å². The molecule has 0 aliphatic rings. The van der Waals surface area contributed by atoms with Gasteiger partial charge in [-0.25, -0.2) is 9.59 Å². The van der Waals surface area contributed by atoms with Gasteiger partial charge >= 0.3 is 11.7 Å². The van der Waals surface area contributed by atoms with Crippen LogP contribution in [0.3, 0.4) is 0 Å². The molecule has 0 amide bonds. The van der Waals surface area contributed by atoms with Crippen LogP contribution in [0.15, 0.2) is 111 Å². The summed E-state index contributed by atoms with van der Waals surface area (Å²) in [6.45, 7) is -1.07. The number of aromatic amines is 1. The van der Waals surface area contributed by atoms with Crippen LogP contribution in [0.25, 0.3) is 11.2 Å². The molecule has 0 atom stereocenters. The van der Waals surface area contributed by atoms with Gasteiger partial charge in [0.1, 0.15) is 0 Å². The standard InChI is InChI=1S/C29H27N6O4P/c1-4-39-27(37)25(32-33-28-30-23-24(31-28)34(2)29(38)35(3)26(23)36)40(20-14-8-5-9-15-20,21-16-10-6-11-17-21)22-18-12-7-13-19-22/h5-19H,4H2,1-3H3,(H,30,31). The lowest BCUT2D eigenvalue weighted by molar-refractivity contribution is -0.134. The molecule has 0 radical (unpaired) electrons. The number of ether oxygens (including phenoxy) is 1. The van der Waals surface area contributed by atoms with Crippen LogP contribution in [0.1, 0.15) is 6.92 Å². The highest BCUT2D eigenvalue weighted by Gasteiger charge is 2.34. The molecule has 11 heteroatoms. The minimum Gasteiger partial charge on any atom is -0.461 e. The van der Waals surface area contributed by atoms with Crippen molar-refractivity contribution < 1.29 is 9.53 Å². The highest BCUT2D eigenvalue weighted by molar-refractivity contribution is 7.96. The van der Waals surface area contributed by atoms with E-state index < -0.39 is 24.1 Å². The first kappa shape index (κ1) is 26.8. The molecule has 0 spiro atoms. The average Bonchev–Trinajstić information content (AvgIpc) is 3.43. The zero-order valence-electron chi connectivity index (χ0n) is 22.2. The van der Waals surface area contributed by atoms with Gasteiger partial charge in [0.05, 0.1) is 6.61 Å². The molecule has 0 fully saturated rings. The minimum atomic E-state index is -2.94. The number of hydrogen-bond acceptors (Lipinski definition) is 6. The van der Waals surface area contributed by atoms with Crippen molar-refractivity contribution in [3.8, 4) is 0 Å². The second kappa shape index (κ2) is 11.1. The van der Waals surface area contributed by atoms with Crippen molar-refractivity contribution in [1.82, 2.24) is 19.1 Å². The van der Waals surface area contributed by atoms with Gasteiger partial charge in [-0.1, -0.05) is 91.0 Å². The van der Waals surface area contributed by atoms with E-state index >= 15 is 0 Å². The number of benzene rings is 3. The van der Waals surface area contributed by atoms with Gasteiger partial charge in [-0.05, 0) is 22.8 Å². The van der Waals surface area contributed by atoms with Crippen molar-refractivity contribution in [3.63, 3.8) is 0 Å². The van der Waals surface area contributed by atoms with E-state index in [1.165, 1.54) is 18.7 Å². The van der Waals surface area contributed by atoms with Gasteiger partial charge in [-0.3, -0.25) is 13.9 Å². The molecule has 2 heterocycles. The van der Waals surface area contributed by atoms with Crippen LogP contribution >= 0.6 is 6.89 Å². The fraction of sp³-hybridized carbons (Fsp3) is 0.138.